The number of nitrogens with zero attached hydrogens (tertiary/aromatic N) is 2. The zero-order valence-corrected chi connectivity index (χ0v) is 19.4. The molecule has 0 radical (unpaired) electrons. The molecule has 8 heteroatoms. The summed E-state index contributed by atoms with van der Waals surface area (Å²) in [5, 5.41) is 1.01. The van der Waals surface area contributed by atoms with Crippen LogP contribution in [0.1, 0.15) is 19.1 Å². The largest absolute Gasteiger partial charge is 0.457 e. The number of hydrogen-bond acceptors (Lipinski definition) is 4. The zero-order valence-electron chi connectivity index (χ0n) is 17.0. The maximum atomic E-state index is 13.3. The van der Waals surface area contributed by atoms with Crippen molar-refractivity contribution in [2.75, 3.05) is 11.4 Å². The molecule has 0 saturated carbocycles. The third-order valence-corrected chi connectivity index (χ3v) is 6.05. The molecule has 5 nitrogen and oxygen atoms in total. The first-order valence-electron chi connectivity index (χ1n) is 9.93. The van der Waals surface area contributed by atoms with Crippen LogP contribution in [0.15, 0.2) is 70.7 Å². The first-order valence-corrected chi connectivity index (χ1v) is 11.1. The zero-order chi connectivity index (χ0) is 22.8. The van der Waals surface area contributed by atoms with Crippen molar-refractivity contribution in [1.82, 2.24) is 4.90 Å². The number of hydrogen-bond donors (Lipinski definition) is 0. The third kappa shape index (κ3) is 4.21. The SMILES string of the molecule is CCCN1C(=O)/C(=C\c2ccc(-c3ccc(Cl)c(Cl)c3)o2)C(=O)N(c2ccccc2)C1=S. The van der Waals surface area contributed by atoms with Crippen molar-refractivity contribution in [3.8, 4) is 11.3 Å². The summed E-state index contributed by atoms with van der Waals surface area (Å²) < 4.78 is 5.87. The predicted octanol–water partition coefficient (Wildman–Crippen LogP) is 6.21. The number of anilines is 1. The number of thiocarbonyl (C=S) groups is 1. The molecule has 1 fully saturated rings. The molecule has 4 rings (SSSR count). The van der Waals surface area contributed by atoms with Crippen LogP contribution in [-0.4, -0.2) is 28.4 Å². The number of carbonyl (C=O) groups is 2. The first-order chi connectivity index (χ1) is 15.4. The van der Waals surface area contributed by atoms with Crippen molar-refractivity contribution >= 4 is 64.1 Å². The summed E-state index contributed by atoms with van der Waals surface area (Å²) in [5.74, 6) is -0.0421. The van der Waals surface area contributed by atoms with Crippen molar-refractivity contribution < 1.29 is 14.0 Å². The van der Waals surface area contributed by atoms with E-state index in [2.05, 4.69) is 0 Å². The number of para-hydroxylation sites is 1. The predicted molar refractivity (Wildman–Crippen MR) is 131 cm³/mol. The topological polar surface area (TPSA) is 53.8 Å². The molecule has 2 aromatic carbocycles. The van der Waals surface area contributed by atoms with Crippen LogP contribution < -0.4 is 4.90 Å². The van der Waals surface area contributed by atoms with Gasteiger partial charge in [0, 0.05) is 12.1 Å². The van der Waals surface area contributed by atoms with Gasteiger partial charge < -0.3 is 4.42 Å². The molecular formula is C24H18Cl2N2O3S. The van der Waals surface area contributed by atoms with Gasteiger partial charge in [-0.3, -0.25) is 19.4 Å². The molecule has 1 aliphatic heterocycles. The summed E-state index contributed by atoms with van der Waals surface area (Å²) in [6.45, 7) is 2.34. The Hall–Kier alpha value is -2.93. The Morgan fingerprint density at radius 3 is 2.41 bits per heavy atom. The van der Waals surface area contributed by atoms with Crippen LogP contribution in [0.25, 0.3) is 17.4 Å². The van der Waals surface area contributed by atoms with Crippen molar-refractivity contribution in [3.05, 3.63) is 82.0 Å². The van der Waals surface area contributed by atoms with E-state index >= 15 is 0 Å². The second-order valence-electron chi connectivity index (χ2n) is 7.10. The summed E-state index contributed by atoms with van der Waals surface area (Å²) in [7, 11) is 0. The minimum absolute atomic E-state index is 0.0223. The second-order valence-corrected chi connectivity index (χ2v) is 8.28. The van der Waals surface area contributed by atoms with E-state index in [1.807, 2.05) is 25.1 Å². The lowest BCUT2D eigenvalue weighted by molar-refractivity contribution is -0.127. The number of furan rings is 1. The van der Waals surface area contributed by atoms with Gasteiger partial charge in [0.1, 0.15) is 17.1 Å². The van der Waals surface area contributed by atoms with Gasteiger partial charge in [0.05, 0.1) is 15.7 Å². The van der Waals surface area contributed by atoms with Crippen LogP contribution in [-0.2, 0) is 9.59 Å². The molecular weight excluding hydrogens is 467 g/mol. The molecule has 0 spiro atoms. The number of benzene rings is 2. The van der Waals surface area contributed by atoms with Crippen molar-refractivity contribution in [2.45, 2.75) is 13.3 Å². The standard InChI is InChI=1S/C24H18Cl2N2O3S/c1-2-12-27-22(29)18(23(30)28(24(27)32)16-6-4-3-5-7-16)14-17-9-11-21(31-17)15-8-10-19(25)20(26)13-15/h3-11,13-14H,2,12H2,1H3/b18-14+. The van der Waals surface area contributed by atoms with Crippen LogP contribution in [0, 0.1) is 0 Å². The number of halogens is 2. The van der Waals surface area contributed by atoms with Gasteiger partial charge in [0.25, 0.3) is 11.8 Å². The Morgan fingerprint density at radius 1 is 0.969 bits per heavy atom. The normalized spacial score (nSPS) is 15.7. The minimum atomic E-state index is -0.494. The van der Waals surface area contributed by atoms with Crippen molar-refractivity contribution in [3.63, 3.8) is 0 Å². The Kier molecular flexibility index (Phi) is 6.46. The van der Waals surface area contributed by atoms with Gasteiger partial charge >= 0.3 is 0 Å². The average molecular weight is 485 g/mol. The summed E-state index contributed by atoms with van der Waals surface area (Å²) in [4.78, 5) is 29.3. The molecule has 1 saturated heterocycles. The second kappa shape index (κ2) is 9.28. The highest BCUT2D eigenvalue weighted by Gasteiger charge is 2.40. The molecule has 32 heavy (non-hydrogen) atoms. The van der Waals surface area contributed by atoms with Crippen LogP contribution >= 0.6 is 35.4 Å². The molecule has 0 unspecified atom stereocenters. The van der Waals surface area contributed by atoms with E-state index in [0.717, 1.165) is 5.56 Å². The van der Waals surface area contributed by atoms with E-state index in [9.17, 15) is 9.59 Å². The Labute approximate surface area is 200 Å². The summed E-state index contributed by atoms with van der Waals surface area (Å²) >= 11 is 17.6. The van der Waals surface area contributed by atoms with E-state index in [1.54, 1.807) is 42.5 Å². The number of rotatable bonds is 5. The third-order valence-electron chi connectivity index (χ3n) is 4.91. The minimum Gasteiger partial charge on any atom is -0.457 e. The van der Waals surface area contributed by atoms with Gasteiger partial charge in [-0.1, -0.05) is 48.3 Å². The average Bonchev–Trinajstić information content (AvgIpc) is 3.26. The van der Waals surface area contributed by atoms with Gasteiger partial charge in [-0.25, -0.2) is 0 Å². The van der Waals surface area contributed by atoms with E-state index in [0.29, 0.717) is 40.2 Å². The van der Waals surface area contributed by atoms with Gasteiger partial charge in [-0.2, -0.15) is 0 Å². The van der Waals surface area contributed by atoms with Gasteiger partial charge in [0.15, 0.2) is 5.11 Å². The molecule has 1 aromatic heterocycles. The molecule has 2 heterocycles. The van der Waals surface area contributed by atoms with Gasteiger partial charge in [-0.15, -0.1) is 0 Å². The van der Waals surface area contributed by atoms with Crippen LogP contribution in [0.5, 0.6) is 0 Å². The highest BCUT2D eigenvalue weighted by molar-refractivity contribution is 7.80. The molecule has 0 bridgehead atoms. The number of carbonyl (C=O) groups excluding carboxylic acids is 2. The Morgan fingerprint density at radius 2 is 1.72 bits per heavy atom. The Balaban J connectivity index is 1.73. The molecule has 0 N–H and O–H groups in total. The van der Waals surface area contributed by atoms with Gasteiger partial charge in [-0.05, 0) is 67.2 Å². The van der Waals surface area contributed by atoms with Crippen molar-refractivity contribution in [1.29, 1.82) is 0 Å². The maximum Gasteiger partial charge on any atom is 0.270 e. The fraction of sp³-hybridized carbons (Fsp3) is 0.125. The monoisotopic (exact) mass is 484 g/mol. The molecule has 0 aliphatic carbocycles. The van der Waals surface area contributed by atoms with Gasteiger partial charge in [0.2, 0.25) is 0 Å². The first kappa shape index (κ1) is 22.3. The quantitative estimate of drug-likeness (QED) is 0.245. The summed E-state index contributed by atoms with van der Waals surface area (Å²) in [6.07, 6.45) is 2.14. The van der Waals surface area contributed by atoms with E-state index in [-0.39, 0.29) is 10.7 Å². The molecule has 0 atom stereocenters. The molecule has 1 aliphatic rings. The fourth-order valence-electron chi connectivity index (χ4n) is 3.38. The molecule has 3 aromatic rings. The fourth-order valence-corrected chi connectivity index (χ4v) is 4.04. The van der Waals surface area contributed by atoms with E-state index < -0.39 is 11.8 Å². The maximum absolute atomic E-state index is 13.3. The summed E-state index contributed by atoms with van der Waals surface area (Å²) in [6, 6.07) is 17.6. The van der Waals surface area contributed by atoms with Crippen molar-refractivity contribution in [2.24, 2.45) is 0 Å². The highest BCUT2D eigenvalue weighted by atomic mass is 35.5. The van der Waals surface area contributed by atoms with Crippen LogP contribution in [0.2, 0.25) is 10.0 Å². The van der Waals surface area contributed by atoms with E-state index in [1.165, 1.54) is 15.9 Å². The van der Waals surface area contributed by atoms with E-state index in [4.69, 9.17) is 39.8 Å². The number of amides is 2. The van der Waals surface area contributed by atoms with Crippen LogP contribution in [0.3, 0.4) is 0 Å². The van der Waals surface area contributed by atoms with Crippen LogP contribution in [0.4, 0.5) is 5.69 Å². The lowest BCUT2D eigenvalue weighted by Gasteiger charge is -2.36. The lowest BCUT2D eigenvalue weighted by Crippen LogP contribution is -2.56. The Bertz CT molecular complexity index is 1240. The summed E-state index contributed by atoms with van der Waals surface area (Å²) in [5.41, 5.74) is 1.30. The lowest BCUT2D eigenvalue weighted by atomic mass is 10.1. The smallest absolute Gasteiger partial charge is 0.270 e. The molecule has 2 amide bonds. The highest BCUT2D eigenvalue weighted by Crippen LogP contribution is 2.31. The molecule has 162 valence electrons.